The van der Waals surface area contributed by atoms with E-state index in [2.05, 4.69) is 25.7 Å². The molecule has 80 valence electrons. The van der Waals surface area contributed by atoms with Gasteiger partial charge in [-0.05, 0) is 15.9 Å². The first-order valence-corrected chi connectivity index (χ1v) is 4.52. The van der Waals surface area contributed by atoms with Crippen LogP contribution < -0.4 is 4.74 Å². The molecule has 0 bridgehead atoms. The second-order valence-electron chi connectivity index (χ2n) is 2.27. The molecule has 1 heterocycles. The molecule has 1 aromatic rings. The molecule has 0 unspecified atom stereocenters. The van der Waals surface area contributed by atoms with E-state index < -0.39 is 12.2 Å². The van der Waals surface area contributed by atoms with Gasteiger partial charge >= 0.3 is 6.36 Å². The molecular formula is C7HBrClF3N2O. The normalized spacial score (nSPS) is 10.9. The highest BCUT2D eigenvalue weighted by atomic mass is 79.9. The standard InChI is InChI=1S/C7HBrClF3N2O/c8-6-5(9)3(2-13)1-4(14-6)15-7(10,11)12/h1H. The monoisotopic (exact) mass is 300 g/mol. The lowest BCUT2D eigenvalue weighted by Crippen LogP contribution is -2.18. The molecule has 0 radical (unpaired) electrons. The minimum atomic E-state index is -4.85. The highest BCUT2D eigenvalue weighted by Crippen LogP contribution is 2.29. The zero-order valence-electron chi connectivity index (χ0n) is 6.77. The Kier molecular flexibility index (Phi) is 3.42. The summed E-state index contributed by atoms with van der Waals surface area (Å²) in [5, 5.41) is 8.48. The minimum absolute atomic E-state index is 0.0629. The predicted molar refractivity (Wildman–Crippen MR) is 48.3 cm³/mol. The SMILES string of the molecule is N#Cc1cc(OC(F)(F)F)nc(Br)c1Cl. The molecular weight excluding hydrogens is 300 g/mol. The third kappa shape index (κ3) is 3.25. The highest BCUT2D eigenvalue weighted by molar-refractivity contribution is 9.10. The van der Waals surface area contributed by atoms with Crippen LogP contribution in [0.1, 0.15) is 5.56 Å². The van der Waals surface area contributed by atoms with Gasteiger partial charge in [0.1, 0.15) is 10.7 Å². The van der Waals surface area contributed by atoms with Gasteiger partial charge < -0.3 is 4.74 Å². The van der Waals surface area contributed by atoms with Crippen molar-refractivity contribution in [1.82, 2.24) is 4.98 Å². The summed E-state index contributed by atoms with van der Waals surface area (Å²) in [6.45, 7) is 0. The number of hydrogen-bond donors (Lipinski definition) is 0. The number of nitrogens with zero attached hydrogens (tertiary/aromatic N) is 2. The van der Waals surface area contributed by atoms with Crippen LogP contribution in [0.5, 0.6) is 5.88 Å². The molecule has 0 amide bonds. The Morgan fingerprint density at radius 3 is 2.60 bits per heavy atom. The lowest BCUT2D eigenvalue weighted by molar-refractivity contribution is -0.276. The van der Waals surface area contributed by atoms with Crippen LogP contribution in [0.15, 0.2) is 10.7 Å². The summed E-state index contributed by atoms with van der Waals surface area (Å²) >= 11 is 8.37. The van der Waals surface area contributed by atoms with Crippen LogP contribution in [0.3, 0.4) is 0 Å². The van der Waals surface area contributed by atoms with Crippen LogP contribution in [0, 0.1) is 11.3 Å². The molecule has 0 N–H and O–H groups in total. The molecule has 0 spiro atoms. The van der Waals surface area contributed by atoms with Gasteiger partial charge in [0.2, 0.25) is 5.88 Å². The third-order valence-electron chi connectivity index (χ3n) is 1.23. The van der Waals surface area contributed by atoms with Crippen molar-refractivity contribution < 1.29 is 17.9 Å². The van der Waals surface area contributed by atoms with E-state index in [9.17, 15) is 13.2 Å². The van der Waals surface area contributed by atoms with Crippen molar-refractivity contribution in [3.8, 4) is 11.9 Å². The molecule has 0 atom stereocenters. The van der Waals surface area contributed by atoms with Gasteiger partial charge in [0, 0.05) is 6.07 Å². The van der Waals surface area contributed by atoms with Gasteiger partial charge in [0.15, 0.2) is 0 Å². The summed E-state index contributed by atoms with van der Waals surface area (Å²) in [5.41, 5.74) is -0.155. The fourth-order valence-electron chi connectivity index (χ4n) is 0.728. The van der Waals surface area contributed by atoms with Crippen molar-refractivity contribution in [3.05, 3.63) is 21.3 Å². The van der Waals surface area contributed by atoms with Crippen molar-refractivity contribution in [2.45, 2.75) is 6.36 Å². The van der Waals surface area contributed by atoms with Gasteiger partial charge in [-0.3, -0.25) is 0 Å². The number of halogens is 5. The van der Waals surface area contributed by atoms with E-state index in [0.717, 1.165) is 6.07 Å². The van der Waals surface area contributed by atoms with E-state index in [1.807, 2.05) is 0 Å². The third-order valence-corrected chi connectivity index (χ3v) is 2.42. The van der Waals surface area contributed by atoms with E-state index in [4.69, 9.17) is 16.9 Å². The first-order valence-electron chi connectivity index (χ1n) is 3.35. The van der Waals surface area contributed by atoms with E-state index in [1.54, 1.807) is 6.07 Å². The summed E-state index contributed by atoms with van der Waals surface area (Å²) in [6.07, 6.45) is -4.85. The lowest BCUT2D eigenvalue weighted by atomic mass is 10.3. The molecule has 1 aromatic heterocycles. The van der Waals surface area contributed by atoms with Gasteiger partial charge in [0.05, 0.1) is 10.6 Å². The minimum Gasteiger partial charge on any atom is -0.388 e. The van der Waals surface area contributed by atoms with Crippen molar-refractivity contribution >= 4 is 27.5 Å². The second-order valence-corrected chi connectivity index (χ2v) is 3.40. The van der Waals surface area contributed by atoms with Crippen molar-refractivity contribution in [1.29, 1.82) is 5.26 Å². The number of alkyl halides is 3. The van der Waals surface area contributed by atoms with Crippen LogP contribution in [-0.2, 0) is 0 Å². The fourth-order valence-corrected chi connectivity index (χ4v) is 1.26. The number of hydrogen-bond acceptors (Lipinski definition) is 3. The summed E-state index contributed by atoms with van der Waals surface area (Å²) in [7, 11) is 0. The van der Waals surface area contributed by atoms with Crippen molar-refractivity contribution in [2.24, 2.45) is 0 Å². The molecule has 0 saturated heterocycles. The molecule has 0 aliphatic carbocycles. The average molecular weight is 301 g/mol. The van der Waals surface area contributed by atoms with Gasteiger partial charge in [0.25, 0.3) is 0 Å². The van der Waals surface area contributed by atoms with E-state index in [-0.39, 0.29) is 15.2 Å². The molecule has 0 fully saturated rings. The number of nitriles is 1. The first-order chi connectivity index (χ1) is 6.83. The molecule has 0 saturated carbocycles. The predicted octanol–water partition coefficient (Wildman–Crippen LogP) is 3.27. The Morgan fingerprint density at radius 1 is 1.53 bits per heavy atom. The van der Waals surface area contributed by atoms with Crippen molar-refractivity contribution in [2.75, 3.05) is 0 Å². The second kappa shape index (κ2) is 4.24. The molecule has 0 aliphatic heterocycles. The Bertz CT molecular complexity index is 429. The smallest absolute Gasteiger partial charge is 0.388 e. The van der Waals surface area contributed by atoms with E-state index in [1.165, 1.54) is 0 Å². The molecule has 0 aliphatic rings. The van der Waals surface area contributed by atoms with Gasteiger partial charge in [-0.25, -0.2) is 4.98 Å². The van der Waals surface area contributed by atoms with Gasteiger partial charge in [-0.1, -0.05) is 11.6 Å². The number of ether oxygens (including phenoxy) is 1. The van der Waals surface area contributed by atoms with E-state index >= 15 is 0 Å². The largest absolute Gasteiger partial charge is 0.574 e. The molecule has 1 rings (SSSR count). The molecule has 0 aromatic carbocycles. The maximum Gasteiger partial charge on any atom is 0.574 e. The Labute approximate surface area is 95.6 Å². The number of rotatable bonds is 1. The lowest BCUT2D eigenvalue weighted by Gasteiger charge is -2.08. The summed E-state index contributed by atoms with van der Waals surface area (Å²) in [6, 6.07) is 2.42. The Hall–Kier alpha value is -1.00. The molecule has 15 heavy (non-hydrogen) atoms. The highest BCUT2D eigenvalue weighted by Gasteiger charge is 2.32. The summed E-state index contributed by atoms with van der Waals surface area (Å²) < 4.78 is 38.9. The topological polar surface area (TPSA) is 45.9 Å². The summed E-state index contributed by atoms with van der Waals surface area (Å²) in [4.78, 5) is 3.36. The fraction of sp³-hybridized carbons (Fsp3) is 0.143. The molecule has 3 nitrogen and oxygen atoms in total. The average Bonchev–Trinajstić information content (AvgIpc) is 2.08. The van der Waals surface area contributed by atoms with Gasteiger partial charge in [-0.2, -0.15) is 5.26 Å². The van der Waals surface area contributed by atoms with Crippen LogP contribution >= 0.6 is 27.5 Å². The van der Waals surface area contributed by atoms with Crippen LogP contribution in [0.25, 0.3) is 0 Å². The van der Waals surface area contributed by atoms with Crippen LogP contribution in [-0.4, -0.2) is 11.3 Å². The number of pyridine rings is 1. The van der Waals surface area contributed by atoms with Crippen LogP contribution in [0.4, 0.5) is 13.2 Å². The first kappa shape index (κ1) is 12.1. The zero-order chi connectivity index (χ0) is 11.6. The quantitative estimate of drug-likeness (QED) is 0.748. The van der Waals surface area contributed by atoms with E-state index in [0.29, 0.717) is 0 Å². The van der Waals surface area contributed by atoms with Crippen molar-refractivity contribution in [3.63, 3.8) is 0 Å². The Balaban J connectivity index is 3.13. The number of aromatic nitrogens is 1. The maximum atomic E-state index is 11.8. The summed E-state index contributed by atoms with van der Waals surface area (Å²) in [5.74, 6) is -0.740. The Morgan fingerprint density at radius 2 is 2.13 bits per heavy atom. The zero-order valence-corrected chi connectivity index (χ0v) is 9.11. The maximum absolute atomic E-state index is 11.8. The van der Waals surface area contributed by atoms with Crippen LogP contribution in [0.2, 0.25) is 5.02 Å². The molecule has 8 heteroatoms. The van der Waals surface area contributed by atoms with Gasteiger partial charge in [-0.15, -0.1) is 13.2 Å².